The number of carboxylic acid groups (broad SMARTS) is 1. The fourth-order valence-corrected chi connectivity index (χ4v) is 4.11. The summed E-state index contributed by atoms with van der Waals surface area (Å²) in [6, 6.07) is 0. The van der Waals surface area contributed by atoms with Crippen molar-refractivity contribution < 1.29 is 27.9 Å². The van der Waals surface area contributed by atoms with Crippen LogP contribution in [-0.4, -0.2) is 79.8 Å². The molecular formula is C15H26N2O6S. The molecule has 1 atom stereocenters. The number of carbonyl (C=O) groups excluding carboxylic acids is 1. The maximum absolute atomic E-state index is 12.6. The lowest BCUT2D eigenvalue weighted by Crippen LogP contribution is -2.52. The van der Waals surface area contributed by atoms with E-state index in [1.54, 1.807) is 4.90 Å². The summed E-state index contributed by atoms with van der Waals surface area (Å²) in [4.78, 5) is 25.2. The molecule has 9 heteroatoms. The third-order valence-corrected chi connectivity index (χ3v) is 5.81. The van der Waals surface area contributed by atoms with Crippen LogP contribution in [-0.2, 0) is 24.3 Å². The van der Waals surface area contributed by atoms with E-state index in [1.807, 2.05) is 0 Å². The molecule has 2 rings (SSSR count). The first kappa shape index (κ1) is 19.1. The van der Waals surface area contributed by atoms with Gasteiger partial charge in [0.1, 0.15) is 6.54 Å². The number of sulfonamides is 1. The lowest BCUT2D eigenvalue weighted by Gasteiger charge is -2.37. The molecule has 2 fully saturated rings. The van der Waals surface area contributed by atoms with Crippen LogP contribution in [0.2, 0.25) is 0 Å². The lowest BCUT2D eigenvalue weighted by atomic mass is 9.88. The number of carboxylic acids is 1. The zero-order valence-electron chi connectivity index (χ0n) is 14.0. The Bertz CT molecular complexity index is 558. The van der Waals surface area contributed by atoms with Gasteiger partial charge in [0.2, 0.25) is 15.9 Å². The number of amides is 1. The number of hydrogen-bond donors (Lipinski definition) is 1. The highest BCUT2D eigenvalue weighted by molar-refractivity contribution is 7.88. The van der Waals surface area contributed by atoms with Gasteiger partial charge < -0.3 is 14.7 Å². The van der Waals surface area contributed by atoms with Gasteiger partial charge >= 0.3 is 5.97 Å². The predicted octanol–water partition coefficient (Wildman–Crippen LogP) is 0.140. The number of carbonyl (C=O) groups is 2. The number of aliphatic carboxylic acids is 1. The molecule has 0 radical (unpaired) electrons. The summed E-state index contributed by atoms with van der Waals surface area (Å²) in [7, 11) is -3.65. The van der Waals surface area contributed by atoms with E-state index in [2.05, 4.69) is 0 Å². The Morgan fingerprint density at radius 2 is 1.92 bits per heavy atom. The zero-order chi connectivity index (χ0) is 17.7. The SMILES string of the molecule is CS(=O)(=O)N(CC(=O)O)C[C@@H]1CN(C(=O)C2CCCCC2)CCO1. The van der Waals surface area contributed by atoms with Crippen molar-refractivity contribution in [3.05, 3.63) is 0 Å². The molecule has 1 saturated heterocycles. The van der Waals surface area contributed by atoms with Crippen molar-refractivity contribution >= 4 is 21.9 Å². The molecule has 1 N–H and O–H groups in total. The number of rotatable bonds is 6. The number of morpholine rings is 1. The smallest absolute Gasteiger partial charge is 0.318 e. The Kier molecular flexibility index (Phi) is 6.59. The molecule has 1 amide bonds. The van der Waals surface area contributed by atoms with E-state index in [1.165, 1.54) is 6.42 Å². The molecule has 1 aliphatic heterocycles. The molecule has 2 aliphatic rings. The van der Waals surface area contributed by atoms with Crippen LogP contribution in [0.4, 0.5) is 0 Å². The van der Waals surface area contributed by atoms with Crippen molar-refractivity contribution in [2.75, 3.05) is 39.0 Å². The van der Waals surface area contributed by atoms with Crippen LogP contribution in [0.1, 0.15) is 32.1 Å². The Morgan fingerprint density at radius 3 is 2.50 bits per heavy atom. The predicted molar refractivity (Wildman–Crippen MR) is 86.9 cm³/mol. The van der Waals surface area contributed by atoms with Crippen molar-refractivity contribution in [1.82, 2.24) is 9.21 Å². The van der Waals surface area contributed by atoms with Gasteiger partial charge in [0.15, 0.2) is 0 Å². The van der Waals surface area contributed by atoms with Crippen molar-refractivity contribution in [1.29, 1.82) is 0 Å². The van der Waals surface area contributed by atoms with Gasteiger partial charge in [-0.25, -0.2) is 8.42 Å². The first-order valence-corrected chi connectivity index (χ1v) is 10.2. The van der Waals surface area contributed by atoms with Gasteiger partial charge in [-0.3, -0.25) is 9.59 Å². The van der Waals surface area contributed by atoms with Gasteiger partial charge in [0.25, 0.3) is 0 Å². The highest BCUT2D eigenvalue weighted by Crippen LogP contribution is 2.26. The van der Waals surface area contributed by atoms with Crippen LogP contribution in [0.3, 0.4) is 0 Å². The third kappa shape index (κ3) is 5.42. The Labute approximate surface area is 142 Å². The van der Waals surface area contributed by atoms with Crippen LogP contribution >= 0.6 is 0 Å². The van der Waals surface area contributed by atoms with Gasteiger partial charge in [-0.2, -0.15) is 4.31 Å². The first-order valence-electron chi connectivity index (χ1n) is 8.34. The maximum Gasteiger partial charge on any atom is 0.318 e. The summed E-state index contributed by atoms with van der Waals surface area (Å²) in [5.74, 6) is -1.04. The zero-order valence-corrected chi connectivity index (χ0v) is 14.8. The van der Waals surface area contributed by atoms with Gasteiger partial charge in [-0.05, 0) is 12.8 Å². The van der Waals surface area contributed by atoms with E-state index in [9.17, 15) is 18.0 Å². The Morgan fingerprint density at radius 1 is 1.25 bits per heavy atom. The standard InChI is InChI=1S/C15H26N2O6S/c1-24(21,22)17(11-14(18)19)10-13-9-16(7-8-23-13)15(20)12-5-3-2-4-6-12/h12-13H,2-11H2,1H3,(H,18,19)/t13-/m0/s1. The van der Waals surface area contributed by atoms with E-state index in [0.717, 1.165) is 36.2 Å². The number of ether oxygens (including phenoxy) is 1. The summed E-state index contributed by atoms with van der Waals surface area (Å²) in [6.07, 6.45) is 5.62. The maximum atomic E-state index is 12.6. The summed E-state index contributed by atoms with van der Waals surface area (Å²) in [5.41, 5.74) is 0. The van der Waals surface area contributed by atoms with E-state index < -0.39 is 28.6 Å². The molecular weight excluding hydrogens is 336 g/mol. The molecule has 0 spiro atoms. The molecule has 1 aliphatic carbocycles. The van der Waals surface area contributed by atoms with Crippen molar-refractivity contribution in [3.63, 3.8) is 0 Å². The average molecular weight is 362 g/mol. The quantitative estimate of drug-likeness (QED) is 0.721. The molecule has 1 saturated carbocycles. The average Bonchev–Trinajstić information content (AvgIpc) is 2.53. The topological polar surface area (TPSA) is 104 Å². The van der Waals surface area contributed by atoms with Crippen LogP contribution in [0.15, 0.2) is 0 Å². The molecule has 0 unspecified atom stereocenters. The third-order valence-electron chi connectivity index (χ3n) is 4.59. The fourth-order valence-electron chi connectivity index (χ4n) is 3.33. The lowest BCUT2D eigenvalue weighted by molar-refractivity contribution is -0.145. The summed E-state index contributed by atoms with van der Waals surface area (Å²) in [5, 5.41) is 8.88. The van der Waals surface area contributed by atoms with Crippen molar-refractivity contribution in [3.8, 4) is 0 Å². The fraction of sp³-hybridized carbons (Fsp3) is 0.867. The molecule has 0 aromatic heterocycles. The van der Waals surface area contributed by atoms with Crippen molar-refractivity contribution in [2.24, 2.45) is 5.92 Å². The van der Waals surface area contributed by atoms with Crippen LogP contribution < -0.4 is 0 Å². The van der Waals surface area contributed by atoms with E-state index in [-0.39, 0.29) is 18.4 Å². The number of hydrogen-bond acceptors (Lipinski definition) is 5. The largest absolute Gasteiger partial charge is 0.480 e. The molecule has 0 aromatic rings. The molecule has 0 aromatic carbocycles. The van der Waals surface area contributed by atoms with Crippen LogP contribution in [0.25, 0.3) is 0 Å². The monoisotopic (exact) mass is 362 g/mol. The highest BCUT2D eigenvalue weighted by atomic mass is 32.2. The van der Waals surface area contributed by atoms with E-state index in [0.29, 0.717) is 19.7 Å². The number of nitrogens with zero attached hydrogens (tertiary/aromatic N) is 2. The minimum absolute atomic E-state index is 0.0560. The summed E-state index contributed by atoms with van der Waals surface area (Å²) >= 11 is 0. The molecule has 0 bridgehead atoms. The molecule has 24 heavy (non-hydrogen) atoms. The molecule has 1 heterocycles. The van der Waals surface area contributed by atoms with Crippen LogP contribution in [0, 0.1) is 5.92 Å². The van der Waals surface area contributed by atoms with Gasteiger partial charge in [-0.1, -0.05) is 19.3 Å². The van der Waals surface area contributed by atoms with E-state index in [4.69, 9.17) is 9.84 Å². The van der Waals surface area contributed by atoms with Crippen molar-refractivity contribution in [2.45, 2.75) is 38.2 Å². The van der Waals surface area contributed by atoms with Gasteiger partial charge in [-0.15, -0.1) is 0 Å². The summed E-state index contributed by atoms with van der Waals surface area (Å²) < 4.78 is 29.9. The van der Waals surface area contributed by atoms with Crippen LogP contribution in [0.5, 0.6) is 0 Å². The second kappa shape index (κ2) is 8.26. The van der Waals surface area contributed by atoms with E-state index >= 15 is 0 Å². The second-order valence-electron chi connectivity index (χ2n) is 6.56. The van der Waals surface area contributed by atoms with Gasteiger partial charge in [0, 0.05) is 25.6 Å². The Hall–Kier alpha value is -1.19. The minimum atomic E-state index is -3.65. The first-order chi connectivity index (χ1) is 11.3. The molecule has 138 valence electrons. The summed E-state index contributed by atoms with van der Waals surface area (Å²) in [6.45, 7) is 0.493. The highest BCUT2D eigenvalue weighted by Gasteiger charge is 2.32. The second-order valence-corrected chi connectivity index (χ2v) is 8.54. The van der Waals surface area contributed by atoms with Gasteiger partial charge in [0.05, 0.1) is 19.0 Å². The Balaban J connectivity index is 1.96. The minimum Gasteiger partial charge on any atom is -0.480 e. The normalized spacial score (nSPS) is 23.4. The molecule has 8 nitrogen and oxygen atoms in total.